The van der Waals surface area contributed by atoms with Crippen LogP contribution in [0.3, 0.4) is 0 Å². The monoisotopic (exact) mass is 512 g/mol. The van der Waals surface area contributed by atoms with E-state index in [0.717, 1.165) is 47.8 Å². The fourth-order valence-corrected chi connectivity index (χ4v) is 5.87. The molecule has 0 saturated carbocycles. The van der Waals surface area contributed by atoms with E-state index in [1.54, 1.807) is 23.7 Å². The molecule has 1 aliphatic rings. The molecule has 0 unspecified atom stereocenters. The van der Waals surface area contributed by atoms with Gasteiger partial charge in [0.1, 0.15) is 0 Å². The van der Waals surface area contributed by atoms with Crippen LogP contribution in [0.2, 0.25) is 0 Å². The number of nitrogens with one attached hydrogen (secondary N) is 2. The van der Waals surface area contributed by atoms with Gasteiger partial charge in [0.15, 0.2) is 0 Å². The van der Waals surface area contributed by atoms with Crippen molar-refractivity contribution in [2.75, 3.05) is 42.2 Å². The number of amides is 1. The molecule has 8 heteroatoms. The molecule has 3 N–H and O–H groups in total. The van der Waals surface area contributed by atoms with Crippen LogP contribution in [0.5, 0.6) is 0 Å². The lowest BCUT2D eigenvalue weighted by molar-refractivity contribution is 0.0832. The number of anilines is 1. The minimum absolute atomic E-state index is 0.153. The Labute approximate surface area is 217 Å². The van der Waals surface area contributed by atoms with Gasteiger partial charge in [-0.2, -0.15) is 11.8 Å². The molecule has 1 aliphatic heterocycles. The zero-order chi connectivity index (χ0) is 24.8. The van der Waals surface area contributed by atoms with Gasteiger partial charge in [-0.3, -0.25) is 4.79 Å². The molecular weight excluding hydrogens is 476 g/mol. The molecule has 3 aromatic rings. The van der Waals surface area contributed by atoms with E-state index in [-0.39, 0.29) is 5.91 Å². The fourth-order valence-electron chi connectivity index (χ4n) is 4.65. The first kappa shape index (κ1) is 25.9. The summed E-state index contributed by atoms with van der Waals surface area (Å²) >= 11 is 3.55. The van der Waals surface area contributed by atoms with E-state index < -0.39 is 12.1 Å². The number of aromatic nitrogens is 1. The summed E-state index contributed by atoms with van der Waals surface area (Å²) in [5, 5.41) is 18.7. The largest absolute Gasteiger partial charge is 0.390 e. The molecule has 1 aromatic heterocycles. The minimum atomic E-state index is -0.698. The van der Waals surface area contributed by atoms with Crippen molar-refractivity contribution in [2.24, 2.45) is 0 Å². The molecule has 2 heterocycles. The predicted molar refractivity (Wildman–Crippen MR) is 151 cm³/mol. The van der Waals surface area contributed by atoms with Crippen molar-refractivity contribution < 1.29 is 9.90 Å². The van der Waals surface area contributed by atoms with Crippen LogP contribution in [0, 0.1) is 0 Å². The number of aliphatic hydroxyl groups excluding tert-OH is 1. The maximum absolute atomic E-state index is 13.6. The second-order valence-corrected chi connectivity index (χ2v) is 11.1. The van der Waals surface area contributed by atoms with Crippen LogP contribution in [-0.4, -0.2) is 65.6 Å². The lowest BCUT2D eigenvalue weighted by atomic mass is 10.00. The van der Waals surface area contributed by atoms with Crippen molar-refractivity contribution in [3.63, 3.8) is 0 Å². The topological polar surface area (TPSA) is 69.5 Å². The highest BCUT2D eigenvalue weighted by molar-refractivity contribution is 8.00. The van der Waals surface area contributed by atoms with Gasteiger partial charge < -0.3 is 24.6 Å². The first-order valence-corrected chi connectivity index (χ1v) is 14.6. The number of carbonyl (C=O) groups is 1. The number of thioether (sulfide) groups is 1. The standard InChI is InChI=1S/C27H36N4O2S2/c1-4-31-18-20-10-12-35-30(2)23-15-21(16-24(31)26(20)23)27(33)29-22(14-19-8-6-5-7-9-19)25(32)17-28-11-13-34-3/h5-9,15-16,18,22,25,28,32H,4,10-14,17H2,1-3H3,(H,29,33)/t22-,25+/m0/s1. The van der Waals surface area contributed by atoms with Crippen LogP contribution in [0.15, 0.2) is 48.7 Å². The van der Waals surface area contributed by atoms with E-state index in [1.165, 1.54) is 10.9 Å². The Morgan fingerprint density at radius 3 is 2.80 bits per heavy atom. The van der Waals surface area contributed by atoms with Gasteiger partial charge in [-0.25, -0.2) is 0 Å². The van der Waals surface area contributed by atoms with Crippen molar-refractivity contribution in [1.82, 2.24) is 15.2 Å². The molecule has 0 bridgehead atoms. The molecule has 0 radical (unpaired) electrons. The molecule has 6 nitrogen and oxygen atoms in total. The number of carbonyl (C=O) groups excluding carboxylic acids is 1. The third kappa shape index (κ3) is 6.17. The summed E-state index contributed by atoms with van der Waals surface area (Å²) in [6, 6.07) is 13.6. The molecule has 0 fully saturated rings. The van der Waals surface area contributed by atoms with Gasteiger partial charge in [0.25, 0.3) is 5.91 Å². The van der Waals surface area contributed by atoms with Gasteiger partial charge in [0, 0.05) is 55.3 Å². The lowest BCUT2D eigenvalue weighted by Gasteiger charge is -2.25. The zero-order valence-corrected chi connectivity index (χ0v) is 22.4. The Hall–Kier alpha value is -2.13. The van der Waals surface area contributed by atoms with E-state index in [1.807, 2.05) is 42.5 Å². The first-order valence-electron chi connectivity index (χ1n) is 12.3. The SMILES string of the molecule is CCn1cc2c3c(cc(C(=O)N[C@@H](Cc4ccccc4)[C@H](O)CNCCSC)cc31)N(C)SCC2. The van der Waals surface area contributed by atoms with Gasteiger partial charge in [-0.05, 0) is 61.2 Å². The normalized spacial score (nSPS) is 15.1. The quantitative estimate of drug-likeness (QED) is 0.267. The number of benzene rings is 2. The van der Waals surface area contributed by atoms with Gasteiger partial charge >= 0.3 is 0 Å². The van der Waals surface area contributed by atoms with Crippen LogP contribution in [0.25, 0.3) is 10.9 Å². The molecule has 188 valence electrons. The van der Waals surface area contributed by atoms with Crippen molar-refractivity contribution in [2.45, 2.75) is 38.5 Å². The smallest absolute Gasteiger partial charge is 0.251 e. The first-order chi connectivity index (χ1) is 17.0. The summed E-state index contributed by atoms with van der Waals surface area (Å²) < 4.78 is 4.42. The number of nitrogens with zero attached hydrogens (tertiary/aromatic N) is 2. The fraction of sp³-hybridized carbons (Fsp3) is 0.444. The highest BCUT2D eigenvalue weighted by Crippen LogP contribution is 2.38. The number of hydrogen-bond donors (Lipinski definition) is 3. The van der Waals surface area contributed by atoms with Crippen LogP contribution >= 0.6 is 23.7 Å². The third-order valence-corrected chi connectivity index (χ3v) is 8.14. The summed E-state index contributed by atoms with van der Waals surface area (Å²) in [6.45, 7) is 4.25. The van der Waals surface area contributed by atoms with Crippen LogP contribution < -0.4 is 14.9 Å². The number of rotatable bonds is 11. The molecular formula is C27H36N4O2S2. The number of hydrogen-bond acceptors (Lipinski definition) is 6. The second kappa shape index (κ2) is 12.2. The Morgan fingerprint density at radius 2 is 2.06 bits per heavy atom. The lowest BCUT2D eigenvalue weighted by Crippen LogP contribution is -2.49. The van der Waals surface area contributed by atoms with Gasteiger partial charge in [-0.1, -0.05) is 30.3 Å². The highest BCUT2D eigenvalue weighted by Gasteiger charge is 2.25. The molecule has 0 saturated heterocycles. The summed E-state index contributed by atoms with van der Waals surface area (Å²) in [4.78, 5) is 13.6. The summed E-state index contributed by atoms with van der Waals surface area (Å²) in [5.74, 6) is 1.85. The maximum Gasteiger partial charge on any atom is 0.251 e. The molecule has 2 atom stereocenters. The van der Waals surface area contributed by atoms with E-state index >= 15 is 0 Å². The van der Waals surface area contributed by atoms with Gasteiger partial charge in [0.2, 0.25) is 0 Å². The van der Waals surface area contributed by atoms with Gasteiger partial charge in [-0.15, -0.1) is 0 Å². The van der Waals surface area contributed by atoms with Crippen LogP contribution in [-0.2, 0) is 19.4 Å². The Balaban J connectivity index is 1.61. The van der Waals surface area contributed by atoms with Crippen molar-refractivity contribution in [3.05, 3.63) is 65.4 Å². The summed E-state index contributed by atoms with van der Waals surface area (Å²) in [7, 11) is 2.07. The predicted octanol–water partition coefficient (Wildman–Crippen LogP) is 3.96. The average Bonchev–Trinajstić information content (AvgIpc) is 3.15. The minimum Gasteiger partial charge on any atom is -0.390 e. The second-order valence-electron chi connectivity index (χ2n) is 8.94. The van der Waals surface area contributed by atoms with E-state index in [0.29, 0.717) is 18.5 Å². The number of aryl methyl sites for hydroxylation is 2. The Morgan fingerprint density at radius 1 is 1.26 bits per heavy atom. The van der Waals surface area contributed by atoms with Crippen LogP contribution in [0.4, 0.5) is 5.69 Å². The molecule has 4 rings (SSSR count). The van der Waals surface area contributed by atoms with E-state index in [2.05, 4.69) is 45.9 Å². The summed E-state index contributed by atoms with van der Waals surface area (Å²) in [6.07, 6.45) is 5.19. The Bertz CT molecular complexity index is 1140. The highest BCUT2D eigenvalue weighted by atomic mass is 32.2. The maximum atomic E-state index is 13.6. The van der Waals surface area contributed by atoms with E-state index in [9.17, 15) is 9.90 Å². The van der Waals surface area contributed by atoms with Crippen molar-refractivity contribution in [1.29, 1.82) is 0 Å². The van der Waals surface area contributed by atoms with Crippen molar-refractivity contribution >= 4 is 46.2 Å². The molecule has 2 aromatic carbocycles. The number of aliphatic hydroxyl groups is 1. The van der Waals surface area contributed by atoms with E-state index in [4.69, 9.17) is 0 Å². The Kier molecular flexibility index (Phi) is 9.05. The van der Waals surface area contributed by atoms with Crippen molar-refractivity contribution in [3.8, 4) is 0 Å². The molecule has 35 heavy (non-hydrogen) atoms. The molecule has 0 spiro atoms. The zero-order valence-electron chi connectivity index (χ0n) is 20.8. The average molecular weight is 513 g/mol. The molecule has 0 aliphatic carbocycles. The van der Waals surface area contributed by atoms with Gasteiger partial charge in [0.05, 0.1) is 23.3 Å². The van der Waals surface area contributed by atoms with Crippen LogP contribution in [0.1, 0.15) is 28.4 Å². The third-order valence-electron chi connectivity index (χ3n) is 6.55. The summed E-state index contributed by atoms with van der Waals surface area (Å²) in [5.41, 5.74) is 5.23. The molecule has 1 amide bonds.